The highest BCUT2D eigenvalue weighted by molar-refractivity contribution is 6.84. The minimum atomic E-state index is -3.71. The van der Waals surface area contributed by atoms with Crippen LogP contribution in [0, 0.1) is 0 Å². The summed E-state index contributed by atoms with van der Waals surface area (Å²) in [6, 6.07) is 2.44. The van der Waals surface area contributed by atoms with Gasteiger partial charge < -0.3 is 44.1 Å². The van der Waals surface area contributed by atoms with Crippen LogP contribution in [0.1, 0.15) is 75.3 Å². The molecule has 0 unspecified atom stereocenters. The number of alkyl halides is 4. The molecule has 0 spiro atoms. The van der Waals surface area contributed by atoms with E-state index in [4.69, 9.17) is 39.0 Å². The van der Waals surface area contributed by atoms with Crippen LogP contribution in [0.3, 0.4) is 0 Å². The summed E-state index contributed by atoms with van der Waals surface area (Å²) in [5.74, 6) is -7.39. The molecule has 2 aromatic heterocycles. The maximum atomic E-state index is 15.9. The number of anilines is 2. The number of nitrogens with zero attached hydrogens (tertiary/aromatic N) is 4. The number of aliphatic hydroxyl groups is 2. The van der Waals surface area contributed by atoms with Crippen LogP contribution in [-0.4, -0.2) is 95.9 Å². The number of rotatable bonds is 7. The molecule has 5 heterocycles. The lowest BCUT2D eigenvalue weighted by Crippen LogP contribution is -2.66. The Bertz CT molecular complexity index is 1640. The average Bonchev–Trinajstić information content (AvgIpc) is 3.39. The number of halogens is 5. The molecule has 0 bridgehead atoms. The van der Waals surface area contributed by atoms with Gasteiger partial charge in [0.2, 0.25) is 12.5 Å². The number of hydrogen-bond acceptors (Lipinski definition) is 13. The van der Waals surface area contributed by atoms with Crippen LogP contribution < -0.4 is 22.8 Å². The van der Waals surface area contributed by atoms with Gasteiger partial charge in [-0.2, -0.15) is 27.5 Å². The van der Waals surface area contributed by atoms with E-state index in [1.54, 1.807) is 0 Å². The summed E-state index contributed by atoms with van der Waals surface area (Å²) in [4.78, 5) is 30.7. The molecule has 304 valence electrons. The molecule has 3 aliphatic rings. The Balaban J connectivity index is 0.000000413. The zero-order valence-corrected chi connectivity index (χ0v) is 32.9. The highest BCUT2D eigenvalue weighted by Crippen LogP contribution is 2.52. The standard InChI is InChI=1S/C21H37F2N3O5Si2.C9H11F2N3O4.CH4.ClH/c1-12(2)32(13(3)4)28-11-16-18(30-33(31-32,14(5)6)15(7)8)21(22,23)19(29-16)26-10-9-17(24)25-20(26)27;10-9(11)6(16)4(3-15)18-7(9)14-2-1-5(12)13-8(14)17;;/h9-10,12-16,18-19H,11H2,1-8H3,(H2,24,25,27);1-2,4,6-7,15-16H,3H2,(H2,12,13,17);1H4;1H/t16-,18-,19-;4-,6-,7-;;/m11../s1. The van der Waals surface area contributed by atoms with E-state index in [2.05, 4.69) is 37.7 Å². The lowest BCUT2D eigenvalue weighted by Gasteiger charge is -2.51. The first-order valence-corrected chi connectivity index (χ1v) is 20.6. The van der Waals surface area contributed by atoms with E-state index in [1.165, 1.54) is 12.3 Å². The maximum Gasteiger partial charge on any atom is 0.351 e. The second-order valence-electron chi connectivity index (χ2n) is 14.1. The minimum absolute atomic E-state index is 0. The highest BCUT2D eigenvalue weighted by Gasteiger charge is 2.67. The van der Waals surface area contributed by atoms with Gasteiger partial charge >= 0.3 is 40.3 Å². The number of aromatic nitrogens is 4. The predicted molar refractivity (Wildman–Crippen MR) is 194 cm³/mol. The number of ether oxygens (including phenoxy) is 2. The van der Waals surface area contributed by atoms with Crippen LogP contribution in [-0.2, 0) is 22.4 Å². The van der Waals surface area contributed by atoms with Gasteiger partial charge in [0.15, 0.2) is 6.10 Å². The van der Waals surface area contributed by atoms with Gasteiger partial charge in [-0.3, -0.25) is 9.13 Å². The smallest absolute Gasteiger partial charge is 0.351 e. The maximum absolute atomic E-state index is 15.9. The molecule has 6 N–H and O–H groups in total. The number of nitrogen functional groups attached to an aromatic ring is 2. The molecule has 22 heteroatoms. The van der Waals surface area contributed by atoms with E-state index >= 15 is 8.78 Å². The quantitative estimate of drug-likeness (QED) is 0.230. The third kappa shape index (κ3) is 8.53. The van der Waals surface area contributed by atoms with Gasteiger partial charge in [0, 0.05) is 12.4 Å². The number of hydrogen-bond donors (Lipinski definition) is 4. The summed E-state index contributed by atoms with van der Waals surface area (Å²) in [7, 11) is -6.15. The lowest BCUT2D eigenvalue weighted by atomic mass is 10.1. The van der Waals surface area contributed by atoms with Gasteiger partial charge in [0.1, 0.15) is 29.9 Å². The van der Waals surface area contributed by atoms with E-state index in [-0.39, 0.29) is 60.2 Å². The first kappa shape index (κ1) is 46.7. The first-order chi connectivity index (χ1) is 23.6. The minimum Gasteiger partial charge on any atom is -0.414 e. The average molecular weight is 821 g/mol. The molecule has 6 atom stereocenters. The van der Waals surface area contributed by atoms with Gasteiger partial charge in [-0.15, -0.1) is 12.4 Å². The molecule has 15 nitrogen and oxygen atoms in total. The summed E-state index contributed by atoms with van der Waals surface area (Å²) >= 11 is 0. The molecular weight excluding hydrogens is 768 g/mol. The van der Waals surface area contributed by atoms with Crippen LogP contribution in [0.2, 0.25) is 22.2 Å². The van der Waals surface area contributed by atoms with Gasteiger partial charge in [0.05, 0.1) is 13.2 Å². The van der Waals surface area contributed by atoms with E-state index in [0.717, 1.165) is 16.8 Å². The van der Waals surface area contributed by atoms with Crippen molar-refractivity contribution in [2.45, 2.75) is 134 Å². The Hall–Kier alpha value is -2.48. The molecule has 2 aromatic rings. The molecule has 5 rings (SSSR count). The Kier molecular flexibility index (Phi) is 15.1. The normalized spacial score (nSPS) is 28.3. The summed E-state index contributed by atoms with van der Waals surface area (Å²) in [6.45, 7) is 15.2. The summed E-state index contributed by atoms with van der Waals surface area (Å²) in [6.07, 6.45) is -8.07. The van der Waals surface area contributed by atoms with Crippen molar-refractivity contribution in [2.75, 3.05) is 24.7 Å². The SMILES string of the molecule is C.CC(C)[Si]1(C(C)C)OC[C@H]2O[C@@H](n3ccc(N)nc3=O)C(F)(F)[C@@H]2O[Si](C(C)C)(C(C)C)O1.Cl.Nc1ccn([C@@H]2O[C@H](CO)[C@@H](O)C2(F)F)c(=O)n1. The van der Waals surface area contributed by atoms with Crippen molar-refractivity contribution in [3.05, 3.63) is 45.5 Å². The molecule has 3 fully saturated rings. The molecule has 0 aromatic carbocycles. The monoisotopic (exact) mass is 820 g/mol. The molecule has 0 aliphatic carbocycles. The number of aliphatic hydroxyl groups excluding tert-OH is 2. The van der Waals surface area contributed by atoms with Crippen LogP contribution in [0.25, 0.3) is 0 Å². The van der Waals surface area contributed by atoms with E-state index in [1.807, 2.05) is 27.7 Å². The van der Waals surface area contributed by atoms with Crippen LogP contribution >= 0.6 is 12.4 Å². The van der Waals surface area contributed by atoms with Crippen molar-refractivity contribution in [1.82, 2.24) is 19.1 Å². The summed E-state index contributed by atoms with van der Waals surface area (Å²) < 4.78 is 90.9. The Morgan fingerprint density at radius 1 is 0.830 bits per heavy atom. The Morgan fingerprint density at radius 3 is 1.64 bits per heavy atom. The fourth-order valence-corrected chi connectivity index (χ4v) is 17.9. The summed E-state index contributed by atoms with van der Waals surface area (Å²) in [5.41, 5.74) is 8.76. The zero-order valence-electron chi connectivity index (χ0n) is 30.1. The fourth-order valence-electron chi connectivity index (χ4n) is 6.70. The van der Waals surface area contributed by atoms with Crippen molar-refractivity contribution >= 4 is 41.2 Å². The predicted octanol–water partition coefficient (Wildman–Crippen LogP) is 4.08. The van der Waals surface area contributed by atoms with Crippen LogP contribution in [0.15, 0.2) is 34.1 Å². The first-order valence-electron chi connectivity index (χ1n) is 16.6. The molecule has 53 heavy (non-hydrogen) atoms. The zero-order chi connectivity index (χ0) is 38.4. The third-order valence-corrected chi connectivity index (χ3v) is 19.7. The van der Waals surface area contributed by atoms with Crippen molar-refractivity contribution in [3.8, 4) is 0 Å². The van der Waals surface area contributed by atoms with E-state index < -0.39 is 83.8 Å². The molecule has 0 amide bonds. The van der Waals surface area contributed by atoms with Crippen LogP contribution in [0.4, 0.5) is 29.2 Å². The van der Waals surface area contributed by atoms with Crippen molar-refractivity contribution in [3.63, 3.8) is 0 Å². The topological polar surface area (TPSA) is 208 Å². The van der Waals surface area contributed by atoms with Gasteiger partial charge in [0.25, 0.3) is 0 Å². The third-order valence-electron chi connectivity index (χ3n) is 9.44. The second-order valence-corrected chi connectivity index (χ2v) is 23.0. The Morgan fingerprint density at radius 2 is 1.26 bits per heavy atom. The molecule has 3 aliphatic heterocycles. The lowest BCUT2D eigenvalue weighted by molar-refractivity contribution is -0.140. The van der Waals surface area contributed by atoms with Gasteiger partial charge in [-0.05, 0) is 34.3 Å². The number of fused-ring (bicyclic) bond motifs is 1. The summed E-state index contributed by atoms with van der Waals surface area (Å²) in [5, 5.41) is 18.1. The largest absolute Gasteiger partial charge is 0.414 e. The van der Waals surface area contributed by atoms with Crippen molar-refractivity contribution in [1.29, 1.82) is 0 Å². The van der Waals surface area contributed by atoms with E-state index in [9.17, 15) is 23.5 Å². The molecule has 3 saturated heterocycles. The Labute approximate surface area is 313 Å². The highest BCUT2D eigenvalue weighted by atomic mass is 35.5. The van der Waals surface area contributed by atoms with Crippen molar-refractivity contribution < 1.29 is 50.2 Å². The fraction of sp³-hybridized carbons (Fsp3) is 0.742. The molecule has 0 saturated carbocycles. The molecule has 0 radical (unpaired) electrons. The number of nitrogens with two attached hydrogens (primary N) is 2. The van der Waals surface area contributed by atoms with Gasteiger partial charge in [-0.1, -0.05) is 62.8 Å². The van der Waals surface area contributed by atoms with Crippen LogP contribution in [0.5, 0.6) is 0 Å². The van der Waals surface area contributed by atoms with Gasteiger partial charge in [-0.25, -0.2) is 9.59 Å². The van der Waals surface area contributed by atoms with Crippen molar-refractivity contribution in [2.24, 2.45) is 0 Å². The van der Waals surface area contributed by atoms with E-state index in [0.29, 0.717) is 4.57 Å². The second kappa shape index (κ2) is 17.1. The molecular formula is C31H53ClF4N6O9Si2.